The molecule has 1 aromatic rings. The fourth-order valence-corrected chi connectivity index (χ4v) is 1.88. The molecule has 94 valence electrons. The maximum atomic E-state index is 11.5. The maximum absolute atomic E-state index is 11.5. The molecule has 0 heterocycles. The Labute approximate surface area is 102 Å². The van der Waals surface area contributed by atoms with Crippen molar-refractivity contribution in [1.29, 1.82) is 0 Å². The quantitative estimate of drug-likeness (QED) is 0.818. The number of benzene rings is 1. The van der Waals surface area contributed by atoms with Crippen LogP contribution in [0.2, 0.25) is 0 Å². The third-order valence-corrected chi connectivity index (χ3v) is 3.71. The van der Waals surface area contributed by atoms with Gasteiger partial charge >= 0.3 is 0 Å². The molecule has 4 nitrogen and oxygen atoms in total. The van der Waals surface area contributed by atoms with E-state index < -0.39 is 15.6 Å². The predicted octanol–water partition coefficient (Wildman–Crippen LogP) is 1.94. The van der Waals surface area contributed by atoms with E-state index >= 15 is 0 Å². The summed E-state index contributed by atoms with van der Waals surface area (Å²) >= 11 is 0. The first kappa shape index (κ1) is 13.7. The number of nitrogens with one attached hydrogen (secondary N) is 1. The van der Waals surface area contributed by atoms with E-state index in [4.69, 9.17) is 4.74 Å². The van der Waals surface area contributed by atoms with Crippen LogP contribution < -0.4 is 9.46 Å². The summed E-state index contributed by atoms with van der Waals surface area (Å²) < 4.78 is 30.8. The molecule has 0 amide bonds. The van der Waals surface area contributed by atoms with Crippen molar-refractivity contribution < 1.29 is 13.2 Å². The molecule has 0 aliphatic rings. The van der Waals surface area contributed by atoms with E-state index in [9.17, 15) is 8.42 Å². The second kappa shape index (κ2) is 4.89. The Balaban J connectivity index is 2.93. The van der Waals surface area contributed by atoms with Crippen molar-refractivity contribution in [2.75, 3.05) is 7.05 Å². The van der Waals surface area contributed by atoms with Crippen molar-refractivity contribution in [3.8, 4) is 5.75 Å². The van der Waals surface area contributed by atoms with Gasteiger partial charge in [0.15, 0.2) is 0 Å². The molecule has 0 bridgehead atoms. The van der Waals surface area contributed by atoms with Gasteiger partial charge < -0.3 is 4.74 Å². The second-order valence-corrected chi connectivity index (χ2v) is 5.98. The first-order valence-corrected chi connectivity index (χ1v) is 6.65. The van der Waals surface area contributed by atoms with Crippen molar-refractivity contribution in [2.24, 2.45) is 0 Å². The minimum Gasteiger partial charge on any atom is -0.484 e. The third kappa shape index (κ3) is 3.57. The first-order chi connectivity index (χ1) is 7.80. The van der Waals surface area contributed by atoms with E-state index in [0.717, 1.165) is 0 Å². The SMILES string of the molecule is C=CC(C)(C)Oc1ccc(S(=O)(=O)NC)cc1. The monoisotopic (exact) mass is 255 g/mol. The zero-order chi connectivity index (χ0) is 13.1. The smallest absolute Gasteiger partial charge is 0.240 e. The van der Waals surface area contributed by atoms with Gasteiger partial charge in [0.2, 0.25) is 10.0 Å². The molecular formula is C12H17NO3S. The highest BCUT2D eigenvalue weighted by molar-refractivity contribution is 7.89. The molecule has 0 unspecified atom stereocenters. The molecule has 17 heavy (non-hydrogen) atoms. The zero-order valence-electron chi connectivity index (χ0n) is 10.2. The lowest BCUT2D eigenvalue weighted by molar-refractivity contribution is 0.162. The topological polar surface area (TPSA) is 55.4 Å². The summed E-state index contributed by atoms with van der Waals surface area (Å²) in [6, 6.07) is 6.24. The molecule has 0 aliphatic carbocycles. The lowest BCUT2D eigenvalue weighted by Crippen LogP contribution is -2.24. The average Bonchev–Trinajstić information content (AvgIpc) is 2.29. The minimum absolute atomic E-state index is 0.212. The molecule has 0 atom stereocenters. The van der Waals surface area contributed by atoms with Crippen molar-refractivity contribution in [2.45, 2.75) is 24.3 Å². The molecule has 0 saturated heterocycles. The largest absolute Gasteiger partial charge is 0.484 e. The Morgan fingerprint density at radius 2 is 1.82 bits per heavy atom. The molecule has 0 fully saturated rings. The molecular weight excluding hydrogens is 238 g/mol. The number of ether oxygens (including phenoxy) is 1. The Morgan fingerprint density at radius 1 is 1.29 bits per heavy atom. The normalized spacial score (nSPS) is 12.2. The number of rotatable bonds is 5. The highest BCUT2D eigenvalue weighted by Gasteiger charge is 2.15. The summed E-state index contributed by atoms with van der Waals surface area (Å²) in [6.45, 7) is 7.41. The van der Waals surface area contributed by atoms with Crippen LogP contribution in [-0.2, 0) is 10.0 Å². The second-order valence-electron chi connectivity index (χ2n) is 4.09. The molecule has 0 spiro atoms. The zero-order valence-corrected chi connectivity index (χ0v) is 11.0. The Kier molecular flexibility index (Phi) is 3.95. The van der Waals surface area contributed by atoms with Gasteiger partial charge in [-0.3, -0.25) is 0 Å². The number of hydrogen-bond donors (Lipinski definition) is 1. The van der Waals surface area contributed by atoms with E-state index in [0.29, 0.717) is 5.75 Å². The standard InChI is InChI=1S/C12H17NO3S/c1-5-12(2,3)16-10-6-8-11(9-7-10)17(14,15)13-4/h5-9,13H,1H2,2-4H3. The van der Waals surface area contributed by atoms with E-state index in [1.165, 1.54) is 19.2 Å². The van der Waals surface area contributed by atoms with Gasteiger partial charge in [0, 0.05) is 0 Å². The van der Waals surface area contributed by atoms with E-state index in [2.05, 4.69) is 11.3 Å². The van der Waals surface area contributed by atoms with Gasteiger partial charge in [-0.1, -0.05) is 6.58 Å². The van der Waals surface area contributed by atoms with Gasteiger partial charge in [0.25, 0.3) is 0 Å². The highest BCUT2D eigenvalue weighted by Crippen LogP contribution is 2.21. The fraction of sp³-hybridized carbons (Fsp3) is 0.333. The van der Waals surface area contributed by atoms with Gasteiger partial charge in [-0.2, -0.15) is 0 Å². The summed E-state index contributed by atoms with van der Waals surface area (Å²) in [6.07, 6.45) is 1.69. The van der Waals surface area contributed by atoms with Crippen LogP contribution in [-0.4, -0.2) is 21.1 Å². The fourth-order valence-electron chi connectivity index (χ4n) is 1.15. The lowest BCUT2D eigenvalue weighted by atomic mass is 10.1. The summed E-state index contributed by atoms with van der Waals surface area (Å²) in [5, 5.41) is 0. The highest BCUT2D eigenvalue weighted by atomic mass is 32.2. The minimum atomic E-state index is -3.39. The van der Waals surface area contributed by atoms with Crippen LogP contribution in [0.15, 0.2) is 41.8 Å². The molecule has 5 heteroatoms. The van der Waals surface area contributed by atoms with Crippen molar-refractivity contribution in [1.82, 2.24) is 4.72 Å². The van der Waals surface area contributed by atoms with E-state index in [1.807, 2.05) is 13.8 Å². The average molecular weight is 255 g/mol. The number of hydrogen-bond acceptors (Lipinski definition) is 3. The molecule has 0 aliphatic heterocycles. The molecule has 1 aromatic carbocycles. The van der Waals surface area contributed by atoms with E-state index in [-0.39, 0.29) is 4.90 Å². The predicted molar refractivity (Wildman–Crippen MR) is 67.6 cm³/mol. The molecule has 1 N–H and O–H groups in total. The molecule has 1 rings (SSSR count). The lowest BCUT2D eigenvalue weighted by Gasteiger charge is -2.22. The first-order valence-electron chi connectivity index (χ1n) is 5.17. The van der Waals surface area contributed by atoms with Gasteiger partial charge in [0.1, 0.15) is 11.4 Å². The Hall–Kier alpha value is -1.33. The summed E-state index contributed by atoms with van der Waals surface area (Å²) in [5.74, 6) is 0.602. The molecule has 0 radical (unpaired) electrons. The maximum Gasteiger partial charge on any atom is 0.240 e. The van der Waals surface area contributed by atoms with Gasteiger partial charge in [0.05, 0.1) is 4.90 Å². The Morgan fingerprint density at radius 3 is 2.24 bits per heavy atom. The summed E-state index contributed by atoms with van der Waals surface area (Å²) in [7, 11) is -2.01. The van der Waals surface area contributed by atoms with Gasteiger partial charge in [-0.05, 0) is 51.2 Å². The van der Waals surface area contributed by atoms with Crippen molar-refractivity contribution in [3.05, 3.63) is 36.9 Å². The van der Waals surface area contributed by atoms with Crippen LogP contribution in [0.1, 0.15) is 13.8 Å². The third-order valence-electron chi connectivity index (χ3n) is 2.28. The van der Waals surface area contributed by atoms with E-state index in [1.54, 1.807) is 18.2 Å². The van der Waals surface area contributed by atoms with Crippen molar-refractivity contribution in [3.63, 3.8) is 0 Å². The van der Waals surface area contributed by atoms with Crippen LogP contribution in [0.3, 0.4) is 0 Å². The Bertz CT molecular complexity index is 489. The number of sulfonamides is 1. The van der Waals surface area contributed by atoms with Crippen LogP contribution in [0, 0.1) is 0 Å². The van der Waals surface area contributed by atoms with Crippen LogP contribution >= 0.6 is 0 Å². The summed E-state index contributed by atoms with van der Waals surface area (Å²) in [5.41, 5.74) is -0.483. The van der Waals surface area contributed by atoms with Crippen LogP contribution in [0.5, 0.6) is 5.75 Å². The van der Waals surface area contributed by atoms with Crippen molar-refractivity contribution >= 4 is 10.0 Å². The van der Waals surface area contributed by atoms with Gasteiger partial charge in [-0.25, -0.2) is 13.1 Å². The van der Waals surface area contributed by atoms with Crippen LogP contribution in [0.4, 0.5) is 0 Å². The molecule has 0 saturated carbocycles. The van der Waals surface area contributed by atoms with Crippen LogP contribution in [0.25, 0.3) is 0 Å². The van der Waals surface area contributed by atoms with Gasteiger partial charge in [-0.15, -0.1) is 0 Å². The molecule has 0 aromatic heterocycles. The summed E-state index contributed by atoms with van der Waals surface area (Å²) in [4.78, 5) is 0.212.